The minimum atomic E-state index is -2.92. The van der Waals surface area contributed by atoms with Crippen molar-refractivity contribution in [1.82, 2.24) is 4.68 Å². The van der Waals surface area contributed by atoms with Crippen LogP contribution >= 0.6 is 11.3 Å². The number of rotatable bonds is 7. The summed E-state index contributed by atoms with van der Waals surface area (Å²) in [5.41, 5.74) is 1.35. The van der Waals surface area contributed by atoms with Gasteiger partial charge < -0.3 is 14.2 Å². The number of ether oxygens (including phenoxy) is 3. The second-order valence-corrected chi connectivity index (χ2v) is 7.94. The maximum atomic E-state index is 12.4. The van der Waals surface area contributed by atoms with Gasteiger partial charge in [-0.1, -0.05) is 0 Å². The third-order valence-corrected chi connectivity index (χ3v) is 5.29. The van der Waals surface area contributed by atoms with Crippen LogP contribution in [-0.4, -0.2) is 35.3 Å². The summed E-state index contributed by atoms with van der Waals surface area (Å²) in [5.74, 6) is 0.714. The van der Waals surface area contributed by atoms with E-state index in [4.69, 9.17) is 9.47 Å². The van der Waals surface area contributed by atoms with Crippen molar-refractivity contribution in [3.8, 4) is 28.5 Å². The summed E-state index contributed by atoms with van der Waals surface area (Å²) in [5, 5.41) is 17.8. The van der Waals surface area contributed by atoms with Crippen LogP contribution in [0.5, 0.6) is 17.2 Å². The van der Waals surface area contributed by atoms with Crippen LogP contribution in [0.2, 0.25) is 0 Å². The Bertz CT molecular complexity index is 1270. The van der Waals surface area contributed by atoms with Crippen molar-refractivity contribution in [1.29, 1.82) is 0 Å². The van der Waals surface area contributed by atoms with E-state index in [2.05, 4.69) is 14.8 Å². The molecular weight excluding hydrogens is 458 g/mol. The first-order valence-electron chi connectivity index (χ1n) is 9.74. The third kappa shape index (κ3) is 5.00. The molecule has 1 aliphatic heterocycles. The largest absolute Gasteiger partial charge is 0.454 e. The van der Waals surface area contributed by atoms with Gasteiger partial charge >= 0.3 is 6.61 Å². The number of alkyl halides is 2. The van der Waals surface area contributed by atoms with E-state index in [1.807, 2.05) is 19.2 Å². The smallest absolute Gasteiger partial charge is 0.387 e. The number of nitro groups is 1. The molecule has 0 atom stereocenters. The predicted octanol–water partition coefficient (Wildman–Crippen LogP) is 4.65. The van der Waals surface area contributed by atoms with E-state index in [1.54, 1.807) is 16.8 Å². The van der Waals surface area contributed by atoms with E-state index in [1.165, 1.54) is 41.8 Å². The van der Waals surface area contributed by atoms with Crippen molar-refractivity contribution in [3.05, 3.63) is 62.3 Å². The summed E-state index contributed by atoms with van der Waals surface area (Å²) in [6.07, 6.45) is 1.35. The Kier molecular flexibility index (Phi) is 6.36. The lowest BCUT2D eigenvalue weighted by atomic mass is 10.1. The van der Waals surface area contributed by atoms with Crippen LogP contribution in [0, 0.1) is 10.1 Å². The van der Waals surface area contributed by atoms with Crippen LogP contribution in [-0.2, 0) is 0 Å². The second kappa shape index (κ2) is 9.36. The maximum Gasteiger partial charge on any atom is 0.387 e. The van der Waals surface area contributed by atoms with Crippen LogP contribution in [0.1, 0.15) is 19.4 Å². The fourth-order valence-electron chi connectivity index (χ4n) is 3.05. The first-order valence-corrected chi connectivity index (χ1v) is 10.6. The van der Waals surface area contributed by atoms with Gasteiger partial charge in [-0.25, -0.2) is 4.68 Å². The van der Waals surface area contributed by atoms with Gasteiger partial charge in [0.25, 0.3) is 5.69 Å². The van der Waals surface area contributed by atoms with Gasteiger partial charge in [0.1, 0.15) is 5.75 Å². The zero-order chi connectivity index (χ0) is 23.5. The lowest BCUT2D eigenvalue weighted by molar-refractivity contribution is -0.385. The van der Waals surface area contributed by atoms with Crippen molar-refractivity contribution in [2.75, 3.05) is 6.79 Å². The molecule has 0 unspecified atom stereocenters. The molecule has 0 radical (unpaired) electrons. The molecule has 2 heterocycles. The Balaban J connectivity index is 1.77. The molecule has 0 N–H and O–H groups in total. The van der Waals surface area contributed by atoms with E-state index in [0.29, 0.717) is 27.6 Å². The average Bonchev–Trinajstić information content (AvgIpc) is 3.37. The van der Waals surface area contributed by atoms with Crippen molar-refractivity contribution < 1.29 is 27.9 Å². The lowest BCUT2D eigenvalue weighted by Gasteiger charge is -2.07. The molecular formula is C21H18F2N4O5S. The lowest BCUT2D eigenvalue weighted by Crippen LogP contribution is -2.14. The Morgan fingerprint density at radius 2 is 1.91 bits per heavy atom. The predicted molar refractivity (Wildman–Crippen MR) is 117 cm³/mol. The topological polar surface area (TPSA) is 100 Å². The summed E-state index contributed by atoms with van der Waals surface area (Å²) >= 11 is 1.33. The van der Waals surface area contributed by atoms with Gasteiger partial charge in [0.2, 0.25) is 11.6 Å². The quantitative estimate of drug-likeness (QED) is 0.281. The van der Waals surface area contributed by atoms with Gasteiger partial charge in [-0.05, 0) is 44.2 Å². The standard InChI is InChI=1S/C21H18F2N4O5S/c1-12(2)25-21-26(17(10-33-21)13-3-5-15(6-4-13)32-20(22)23)24-9-14-7-18-19(31-11-30-18)8-16(14)27(28)29/h3-10,12,20H,11H2,1-2H3/b24-9+,25-21?. The van der Waals surface area contributed by atoms with Crippen molar-refractivity contribution in [2.24, 2.45) is 10.1 Å². The van der Waals surface area contributed by atoms with Gasteiger partial charge in [-0.3, -0.25) is 15.1 Å². The van der Waals surface area contributed by atoms with E-state index >= 15 is 0 Å². The number of nitrogens with zero attached hydrogens (tertiary/aromatic N) is 4. The summed E-state index contributed by atoms with van der Waals surface area (Å²) in [4.78, 5) is 16.1. The molecule has 4 rings (SSSR count). The van der Waals surface area contributed by atoms with Crippen molar-refractivity contribution in [2.45, 2.75) is 26.5 Å². The van der Waals surface area contributed by atoms with Crippen LogP contribution in [0.3, 0.4) is 0 Å². The highest BCUT2D eigenvalue weighted by Gasteiger charge is 2.22. The molecule has 3 aromatic rings. The molecule has 12 heteroatoms. The van der Waals surface area contributed by atoms with Gasteiger partial charge in [0, 0.05) is 17.0 Å². The van der Waals surface area contributed by atoms with Crippen molar-refractivity contribution in [3.63, 3.8) is 0 Å². The molecule has 1 aromatic heterocycles. The number of aromatic nitrogens is 1. The maximum absolute atomic E-state index is 12.4. The molecule has 0 saturated carbocycles. The van der Waals surface area contributed by atoms with E-state index < -0.39 is 11.5 Å². The second-order valence-electron chi connectivity index (χ2n) is 7.11. The third-order valence-electron chi connectivity index (χ3n) is 4.46. The number of nitro benzene ring substituents is 1. The minimum absolute atomic E-state index is 0.0147. The molecule has 0 amide bonds. The van der Waals surface area contributed by atoms with Crippen LogP contribution in [0.4, 0.5) is 14.5 Å². The number of fused-ring (bicyclic) bond motifs is 1. The van der Waals surface area contributed by atoms with Gasteiger partial charge in [0.15, 0.2) is 11.5 Å². The normalized spacial score (nSPS) is 13.5. The Morgan fingerprint density at radius 3 is 2.55 bits per heavy atom. The summed E-state index contributed by atoms with van der Waals surface area (Å²) < 4.78 is 41.4. The molecule has 0 aliphatic carbocycles. The highest BCUT2D eigenvalue weighted by atomic mass is 32.1. The zero-order valence-electron chi connectivity index (χ0n) is 17.5. The molecule has 2 aromatic carbocycles. The first-order chi connectivity index (χ1) is 15.8. The van der Waals surface area contributed by atoms with Gasteiger partial charge in [-0.15, -0.1) is 11.3 Å². The molecule has 0 fully saturated rings. The summed E-state index contributed by atoms with van der Waals surface area (Å²) in [7, 11) is 0. The highest BCUT2D eigenvalue weighted by Crippen LogP contribution is 2.37. The fourth-order valence-corrected chi connectivity index (χ4v) is 4.02. The number of hydrogen-bond donors (Lipinski definition) is 0. The Hall–Kier alpha value is -3.80. The molecule has 1 aliphatic rings. The van der Waals surface area contributed by atoms with Crippen molar-refractivity contribution >= 4 is 23.2 Å². The monoisotopic (exact) mass is 476 g/mol. The fraction of sp³-hybridized carbons (Fsp3) is 0.238. The molecule has 0 bridgehead atoms. The molecule has 0 spiro atoms. The number of halogens is 2. The number of benzene rings is 2. The number of thiazole rings is 1. The van der Waals surface area contributed by atoms with E-state index in [-0.39, 0.29) is 29.8 Å². The van der Waals surface area contributed by atoms with Gasteiger partial charge in [0.05, 0.1) is 28.5 Å². The molecule has 172 valence electrons. The summed E-state index contributed by atoms with van der Waals surface area (Å²) in [6, 6.07) is 8.85. The van der Waals surface area contributed by atoms with Gasteiger partial charge in [-0.2, -0.15) is 13.9 Å². The molecule has 9 nitrogen and oxygen atoms in total. The number of hydrogen-bond acceptors (Lipinski definition) is 8. The molecule has 33 heavy (non-hydrogen) atoms. The highest BCUT2D eigenvalue weighted by molar-refractivity contribution is 7.07. The Morgan fingerprint density at radius 1 is 1.21 bits per heavy atom. The first kappa shape index (κ1) is 22.4. The van der Waals surface area contributed by atoms with E-state index in [0.717, 1.165) is 0 Å². The van der Waals surface area contributed by atoms with Crippen LogP contribution in [0.15, 0.2) is 51.9 Å². The summed E-state index contributed by atoms with van der Waals surface area (Å²) in [6.45, 7) is 0.888. The van der Waals surface area contributed by atoms with Crippen LogP contribution < -0.4 is 19.0 Å². The van der Waals surface area contributed by atoms with E-state index in [9.17, 15) is 18.9 Å². The molecule has 0 saturated heterocycles. The average molecular weight is 476 g/mol. The Labute approximate surface area is 190 Å². The van der Waals surface area contributed by atoms with Crippen LogP contribution in [0.25, 0.3) is 11.3 Å². The minimum Gasteiger partial charge on any atom is -0.454 e. The zero-order valence-corrected chi connectivity index (χ0v) is 18.3. The SMILES string of the molecule is CC(C)N=c1scc(-c2ccc(OC(F)F)cc2)n1/N=C/c1cc2c(cc1[N+](=O)[O-])OCO2.